The molecule has 0 fully saturated rings. The van der Waals surface area contributed by atoms with Crippen LogP contribution in [-0.2, 0) is 13.1 Å². The molecule has 23 heavy (non-hydrogen) atoms. The second-order valence-corrected chi connectivity index (χ2v) is 6.13. The summed E-state index contributed by atoms with van der Waals surface area (Å²) in [5.74, 6) is -0.0769. The van der Waals surface area contributed by atoms with E-state index in [1.807, 2.05) is 47.3 Å². The van der Waals surface area contributed by atoms with Crippen molar-refractivity contribution in [3.8, 4) is 0 Å². The normalized spacial score (nSPS) is 10.5. The standard InChI is InChI=1S/C18H16BrN3O/c19-17-4-1-3-16(11-17)18(23)20-12-14-5-7-15(8-6-14)13-22-10-2-9-21-22/h1-11H,12-13H2,(H,20,23). The van der Waals surface area contributed by atoms with E-state index < -0.39 is 0 Å². The van der Waals surface area contributed by atoms with Crippen LogP contribution in [-0.4, -0.2) is 15.7 Å². The molecule has 0 unspecified atom stereocenters. The predicted molar refractivity (Wildman–Crippen MR) is 93.1 cm³/mol. The molecule has 1 N–H and O–H groups in total. The van der Waals surface area contributed by atoms with Gasteiger partial charge in [0.25, 0.3) is 5.91 Å². The van der Waals surface area contributed by atoms with Gasteiger partial charge in [-0.2, -0.15) is 5.10 Å². The zero-order valence-electron chi connectivity index (χ0n) is 12.4. The number of hydrogen-bond acceptors (Lipinski definition) is 2. The van der Waals surface area contributed by atoms with Gasteiger partial charge in [-0.15, -0.1) is 0 Å². The van der Waals surface area contributed by atoms with Crippen LogP contribution in [0.2, 0.25) is 0 Å². The Morgan fingerprint density at radius 2 is 1.87 bits per heavy atom. The van der Waals surface area contributed by atoms with Crippen molar-refractivity contribution in [3.63, 3.8) is 0 Å². The van der Waals surface area contributed by atoms with Crippen LogP contribution in [0.15, 0.2) is 71.5 Å². The van der Waals surface area contributed by atoms with Crippen molar-refractivity contribution in [2.24, 2.45) is 0 Å². The van der Waals surface area contributed by atoms with E-state index in [0.29, 0.717) is 12.1 Å². The largest absolute Gasteiger partial charge is 0.348 e. The Balaban J connectivity index is 1.57. The molecule has 0 spiro atoms. The van der Waals surface area contributed by atoms with Crippen molar-refractivity contribution in [3.05, 3.63) is 88.2 Å². The van der Waals surface area contributed by atoms with Gasteiger partial charge in [-0.1, -0.05) is 46.3 Å². The summed E-state index contributed by atoms with van der Waals surface area (Å²) in [4.78, 5) is 12.1. The summed E-state index contributed by atoms with van der Waals surface area (Å²) < 4.78 is 2.78. The Morgan fingerprint density at radius 1 is 1.09 bits per heavy atom. The molecular weight excluding hydrogens is 354 g/mol. The Labute approximate surface area is 143 Å². The van der Waals surface area contributed by atoms with Gasteiger partial charge in [-0.3, -0.25) is 9.48 Å². The number of hydrogen-bond donors (Lipinski definition) is 1. The summed E-state index contributed by atoms with van der Waals surface area (Å²) in [6, 6.07) is 17.4. The molecule has 3 rings (SSSR count). The molecule has 3 aromatic rings. The van der Waals surface area contributed by atoms with Crippen LogP contribution < -0.4 is 5.32 Å². The summed E-state index contributed by atoms with van der Waals surface area (Å²) >= 11 is 3.37. The second-order valence-electron chi connectivity index (χ2n) is 5.21. The first-order chi connectivity index (χ1) is 11.2. The smallest absolute Gasteiger partial charge is 0.251 e. The Kier molecular flexibility index (Phi) is 4.88. The van der Waals surface area contributed by atoms with Crippen LogP contribution in [0.3, 0.4) is 0 Å². The molecule has 1 aromatic heterocycles. The molecule has 116 valence electrons. The lowest BCUT2D eigenvalue weighted by atomic mass is 10.1. The third-order valence-electron chi connectivity index (χ3n) is 3.47. The molecular formula is C18H16BrN3O. The van der Waals surface area contributed by atoms with Gasteiger partial charge in [0.2, 0.25) is 0 Å². The predicted octanol–water partition coefficient (Wildman–Crippen LogP) is 3.62. The van der Waals surface area contributed by atoms with E-state index in [1.165, 1.54) is 5.56 Å². The highest BCUT2D eigenvalue weighted by Crippen LogP contribution is 2.12. The van der Waals surface area contributed by atoms with Crippen molar-refractivity contribution >= 4 is 21.8 Å². The topological polar surface area (TPSA) is 46.9 Å². The lowest BCUT2D eigenvalue weighted by Crippen LogP contribution is -2.22. The Hall–Kier alpha value is -2.40. The summed E-state index contributed by atoms with van der Waals surface area (Å²) in [6.45, 7) is 1.26. The highest BCUT2D eigenvalue weighted by molar-refractivity contribution is 9.10. The number of aromatic nitrogens is 2. The number of halogens is 1. The molecule has 0 aliphatic rings. The Morgan fingerprint density at radius 3 is 2.57 bits per heavy atom. The van der Waals surface area contributed by atoms with Crippen LogP contribution in [0.4, 0.5) is 0 Å². The van der Waals surface area contributed by atoms with Crippen molar-refractivity contribution in [1.82, 2.24) is 15.1 Å². The highest BCUT2D eigenvalue weighted by Gasteiger charge is 2.05. The maximum absolute atomic E-state index is 12.1. The molecule has 0 aliphatic heterocycles. The number of amides is 1. The number of rotatable bonds is 5. The zero-order chi connectivity index (χ0) is 16.1. The van der Waals surface area contributed by atoms with E-state index in [4.69, 9.17) is 0 Å². The van der Waals surface area contributed by atoms with Crippen molar-refractivity contribution in [2.75, 3.05) is 0 Å². The van der Waals surface area contributed by atoms with Crippen molar-refractivity contribution < 1.29 is 4.79 Å². The maximum Gasteiger partial charge on any atom is 0.251 e. The fourth-order valence-corrected chi connectivity index (χ4v) is 2.66. The molecule has 1 heterocycles. The molecule has 0 saturated heterocycles. The van der Waals surface area contributed by atoms with E-state index in [-0.39, 0.29) is 5.91 Å². The van der Waals surface area contributed by atoms with E-state index in [1.54, 1.807) is 12.3 Å². The molecule has 0 saturated carbocycles. The number of carbonyl (C=O) groups excluding carboxylic acids is 1. The minimum atomic E-state index is -0.0769. The summed E-state index contributed by atoms with van der Waals surface area (Å²) in [7, 11) is 0. The molecule has 0 bridgehead atoms. The van der Waals surface area contributed by atoms with Crippen LogP contribution in [0.25, 0.3) is 0 Å². The SMILES string of the molecule is O=C(NCc1ccc(Cn2cccn2)cc1)c1cccc(Br)c1. The number of nitrogens with one attached hydrogen (secondary N) is 1. The Bertz CT molecular complexity index is 782. The van der Waals surface area contributed by atoms with Gasteiger partial charge in [0.05, 0.1) is 6.54 Å². The van der Waals surface area contributed by atoms with Gasteiger partial charge >= 0.3 is 0 Å². The van der Waals surface area contributed by atoms with Crippen LogP contribution in [0.1, 0.15) is 21.5 Å². The van der Waals surface area contributed by atoms with E-state index in [2.05, 4.69) is 38.5 Å². The van der Waals surface area contributed by atoms with Gasteiger partial charge in [0.1, 0.15) is 0 Å². The average molecular weight is 370 g/mol. The number of carbonyl (C=O) groups is 1. The van der Waals surface area contributed by atoms with Gasteiger partial charge in [0, 0.05) is 29.0 Å². The monoisotopic (exact) mass is 369 g/mol. The molecule has 5 heteroatoms. The first-order valence-corrected chi connectivity index (χ1v) is 8.09. The zero-order valence-corrected chi connectivity index (χ0v) is 14.0. The van der Waals surface area contributed by atoms with Gasteiger partial charge in [-0.05, 0) is 35.4 Å². The quantitative estimate of drug-likeness (QED) is 0.746. The number of benzene rings is 2. The van der Waals surface area contributed by atoms with Crippen molar-refractivity contribution in [2.45, 2.75) is 13.1 Å². The van der Waals surface area contributed by atoms with Crippen LogP contribution >= 0.6 is 15.9 Å². The molecule has 1 amide bonds. The minimum Gasteiger partial charge on any atom is -0.348 e. The minimum absolute atomic E-state index is 0.0769. The first kappa shape index (κ1) is 15.5. The molecule has 0 atom stereocenters. The fourth-order valence-electron chi connectivity index (χ4n) is 2.26. The van der Waals surface area contributed by atoms with Gasteiger partial charge < -0.3 is 5.32 Å². The molecule has 2 aromatic carbocycles. The van der Waals surface area contributed by atoms with Crippen LogP contribution in [0, 0.1) is 0 Å². The third kappa shape index (κ3) is 4.29. The lowest BCUT2D eigenvalue weighted by molar-refractivity contribution is 0.0951. The fraction of sp³-hybridized carbons (Fsp3) is 0.111. The summed E-state index contributed by atoms with van der Waals surface area (Å²) in [5.41, 5.74) is 2.89. The molecule has 4 nitrogen and oxygen atoms in total. The van der Waals surface area contributed by atoms with Crippen LogP contribution in [0.5, 0.6) is 0 Å². The second kappa shape index (κ2) is 7.24. The highest BCUT2D eigenvalue weighted by atomic mass is 79.9. The first-order valence-electron chi connectivity index (χ1n) is 7.30. The maximum atomic E-state index is 12.1. The van der Waals surface area contributed by atoms with E-state index >= 15 is 0 Å². The molecule has 0 radical (unpaired) electrons. The number of nitrogens with zero attached hydrogens (tertiary/aromatic N) is 2. The van der Waals surface area contributed by atoms with E-state index in [9.17, 15) is 4.79 Å². The average Bonchev–Trinajstić information content (AvgIpc) is 3.07. The third-order valence-corrected chi connectivity index (χ3v) is 3.96. The lowest BCUT2D eigenvalue weighted by Gasteiger charge is -2.07. The summed E-state index contributed by atoms with van der Waals surface area (Å²) in [5, 5.41) is 7.12. The van der Waals surface area contributed by atoms with Crippen molar-refractivity contribution in [1.29, 1.82) is 0 Å². The molecule has 0 aliphatic carbocycles. The van der Waals surface area contributed by atoms with E-state index in [0.717, 1.165) is 16.6 Å². The summed E-state index contributed by atoms with van der Waals surface area (Å²) in [6.07, 6.45) is 3.71. The van der Waals surface area contributed by atoms with Gasteiger partial charge in [0.15, 0.2) is 0 Å². The van der Waals surface area contributed by atoms with Gasteiger partial charge in [-0.25, -0.2) is 0 Å².